The van der Waals surface area contributed by atoms with Crippen molar-refractivity contribution in [3.63, 3.8) is 0 Å². The highest BCUT2D eigenvalue weighted by atomic mass is 16.4. The number of carbonyl (C=O) groups excluding carboxylic acids is 1. The molecule has 1 saturated heterocycles. The molecule has 2 unspecified atom stereocenters. The maximum Gasteiger partial charge on any atom is 0.307 e. The van der Waals surface area contributed by atoms with Crippen molar-refractivity contribution in [2.24, 2.45) is 11.8 Å². The highest BCUT2D eigenvalue weighted by Gasteiger charge is 2.37. The molecule has 0 spiro atoms. The van der Waals surface area contributed by atoms with Crippen LogP contribution in [0.1, 0.15) is 32.1 Å². The van der Waals surface area contributed by atoms with Crippen LogP contribution in [0.2, 0.25) is 0 Å². The maximum absolute atomic E-state index is 11.9. The number of rotatable bonds is 5. The average Bonchev–Trinajstić information content (AvgIpc) is 2.99. The molecule has 1 aliphatic heterocycles. The van der Waals surface area contributed by atoms with Gasteiger partial charge in [-0.15, -0.1) is 0 Å². The van der Waals surface area contributed by atoms with Crippen LogP contribution in [0, 0.1) is 11.8 Å². The van der Waals surface area contributed by atoms with E-state index in [2.05, 4.69) is 10.2 Å². The van der Waals surface area contributed by atoms with E-state index in [1.165, 1.54) is 12.8 Å². The van der Waals surface area contributed by atoms with Gasteiger partial charge in [-0.1, -0.05) is 6.42 Å². The Kier molecular flexibility index (Phi) is 4.58. The van der Waals surface area contributed by atoms with Crippen molar-refractivity contribution in [2.75, 3.05) is 26.2 Å². The van der Waals surface area contributed by atoms with Gasteiger partial charge in [-0.3, -0.25) is 9.59 Å². The number of carbonyl (C=O) groups is 2. The molecule has 18 heavy (non-hydrogen) atoms. The minimum atomic E-state index is -0.827. The van der Waals surface area contributed by atoms with Gasteiger partial charge in [0, 0.05) is 13.1 Å². The van der Waals surface area contributed by atoms with E-state index >= 15 is 0 Å². The maximum atomic E-state index is 11.9. The molecule has 2 rings (SSSR count). The molecule has 0 bridgehead atoms. The van der Waals surface area contributed by atoms with Crippen molar-refractivity contribution in [3.05, 3.63) is 0 Å². The lowest BCUT2D eigenvalue weighted by molar-refractivity contribution is -0.146. The average molecular weight is 254 g/mol. The molecule has 2 N–H and O–H groups in total. The summed E-state index contributed by atoms with van der Waals surface area (Å²) in [4.78, 5) is 25.3. The van der Waals surface area contributed by atoms with E-state index in [-0.39, 0.29) is 11.8 Å². The lowest BCUT2D eigenvalue weighted by Crippen LogP contribution is -2.39. The minimum absolute atomic E-state index is 0.0703. The fourth-order valence-electron chi connectivity index (χ4n) is 3.04. The number of nitrogens with one attached hydrogen (secondary N) is 1. The summed E-state index contributed by atoms with van der Waals surface area (Å²) in [6.45, 7) is 3.77. The smallest absolute Gasteiger partial charge is 0.307 e. The van der Waals surface area contributed by atoms with Crippen molar-refractivity contribution in [2.45, 2.75) is 32.1 Å². The van der Waals surface area contributed by atoms with E-state index in [1.54, 1.807) is 0 Å². The summed E-state index contributed by atoms with van der Waals surface area (Å²) in [5, 5.41) is 11.9. The number of amides is 1. The first-order valence-corrected chi connectivity index (χ1v) is 6.91. The van der Waals surface area contributed by atoms with Crippen molar-refractivity contribution in [1.82, 2.24) is 10.2 Å². The summed E-state index contributed by atoms with van der Waals surface area (Å²) in [6.07, 6.45) is 4.70. The Balaban J connectivity index is 1.71. The standard InChI is InChI=1S/C13H22N2O3/c16-12(10-4-3-5-11(10)13(17)18)14-6-9-15-7-1-2-8-15/h10-11H,1-9H2,(H,14,16)(H,17,18). The van der Waals surface area contributed by atoms with E-state index in [1.807, 2.05) is 0 Å². The van der Waals surface area contributed by atoms with Crippen molar-refractivity contribution < 1.29 is 14.7 Å². The third kappa shape index (κ3) is 3.22. The van der Waals surface area contributed by atoms with Gasteiger partial charge in [-0.05, 0) is 38.8 Å². The molecule has 5 nitrogen and oxygen atoms in total. The third-order valence-electron chi connectivity index (χ3n) is 4.10. The van der Waals surface area contributed by atoms with Crippen molar-refractivity contribution >= 4 is 11.9 Å². The SMILES string of the molecule is O=C(O)C1CCCC1C(=O)NCCN1CCCC1. The fourth-order valence-corrected chi connectivity index (χ4v) is 3.04. The van der Waals surface area contributed by atoms with Gasteiger partial charge >= 0.3 is 5.97 Å². The topological polar surface area (TPSA) is 69.6 Å². The summed E-state index contributed by atoms with van der Waals surface area (Å²) in [5.41, 5.74) is 0. The molecule has 0 radical (unpaired) electrons. The molecule has 0 aromatic rings. The van der Waals surface area contributed by atoms with Crippen LogP contribution < -0.4 is 5.32 Å². The molecule has 1 aliphatic carbocycles. The van der Waals surface area contributed by atoms with E-state index < -0.39 is 11.9 Å². The zero-order chi connectivity index (χ0) is 13.0. The van der Waals surface area contributed by atoms with Crippen molar-refractivity contribution in [1.29, 1.82) is 0 Å². The number of carboxylic acids is 1. The molecule has 102 valence electrons. The Bertz CT molecular complexity index is 313. The van der Waals surface area contributed by atoms with E-state index in [0.717, 1.165) is 26.1 Å². The molecule has 5 heteroatoms. The molecule has 2 atom stereocenters. The number of likely N-dealkylation sites (tertiary alicyclic amines) is 1. The summed E-state index contributed by atoms with van der Waals surface area (Å²) in [5.74, 6) is -1.69. The van der Waals surface area contributed by atoms with E-state index in [9.17, 15) is 9.59 Å². The van der Waals surface area contributed by atoms with Crippen LogP contribution in [-0.4, -0.2) is 48.1 Å². The van der Waals surface area contributed by atoms with Gasteiger partial charge < -0.3 is 15.3 Å². The molecule has 2 aliphatic rings. The van der Waals surface area contributed by atoms with Crippen LogP contribution in [0.15, 0.2) is 0 Å². The van der Waals surface area contributed by atoms with Gasteiger partial charge in [0.15, 0.2) is 0 Å². The van der Waals surface area contributed by atoms with Crippen LogP contribution >= 0.6 is 0 Å². The molecular formula is C13H22N2O3. The summed E-state index contributed by atoms with van der Waals surface area (Å²) in [7, 11) is 0. The highest BCUT2D eigenvalue weighted by Crippen LogP contribution is 2.31. The zero-order valence-corrected chi connectivity index (χ0v) is 10.7. The molecule has 0 aromatic heterocycles. The number of hydrogen-bond acceptors (Lipinski definition) is 3. The van der Waals surface area contributed by atoms with Crippen LogP contribution in [0.5, 0.6) is 0 Å². The normalized spacial score (nSPS) is 28.4. The predicted octanol–water partition coefficient (Wildman–Crippen LogP) is 0.699. The molecule has 1 saturated carbocycles. The Hall–Kier alpha value is -1.10. The summed E-state index contributed by atoms with van der Waals surface area (Å²) >= 11 is 0. The second kappa shape index (κ2) is 6.18. The molecule has 1 amide bonds. The van der Waals surface area contributed by atoms with Crippen LogP contribution in [0.3, 0.4) is 0 Å². The van der Waals surface area contributed by atoms with E-state index in [4.69, 9.17) is 5.11 Å². The Morgan fingerprint density at radius 2 is 1.78 bits per heavy atom. The van der Waals surface area contributed by atoms with Gasteiger partial charge in [0.2, 0.25) is 5.91 Å². The Morgan fingerprint density at radius 1 is 1.11 bits per heavy atom. The van der Waals surface area contributed by atoms with Gasteiger partial charge in [0.05, 0.1) is 11.8 Å². The van der Waals surface area contributed by atoms with Crippen LogP contribution in [-0.2, 0) is 9.59 Å². The quantitative estimate of drug-likeness (QED) is 0.757. The molecule has 1 heterocycles. The van der Waals surface area contributed by atoms with Gasteiger partial charge in [-0.25, -0.2) is 0 Å². The fraction of sp³-hybridized carbons (Fsp3) is 0.846. The zero-order valence-electron chi connectivity index (χ0n) is 10.7. The van der Waals surface area contributed by atoms with Crippen LogP contribution in [0.25, 0.3) is 0 Å². The summed E-state index contributed by atoms with van der Waals surface area (Å²) in [6, 6.07) is 0. The molecule has 0 aromatic carbocycles. The first-order valence-electron chi connectivity index (χ1n) is 6.91. The lowest BCUT2D eigenvalue weighted by atomic mass is 9.95. The second-order valence-electron chi connectivity index (χ2n) is 5.32. The number of hydrogen-bond donors (Lipinski definition) is 2. The summed E-state index contributed by atoms with van der Waals surface area (Å²) < 4.78 is 0. The van der Waals surface area contributed by atoms with Crippen molar-refractivity contribution in [3.8, 4) is 0 Å². The van der Waals surface area contributed by atoms with Gasteiger partial charge in [-0.2, -0.15) is 0 Å². The Labute approximate surface area is 108 Å². The second-order valence-corrected chi connectivity index (χ2v) is 5.32. The van der Waals surface area contributed by atoms with Gasteiger partial charge in [0.1, 0.15) is 0 Å². The predicted molar refractivity (Wildman–Crippen MR) is 67.2 cm³/mol. The van der Waals surface area contributed by atoms with E-state index in [0.29, 0.717) is 19.4 Å². The first kappa shape index (κ1) is 13.3. The molecular weight excluding hydrogens is 232 g/mol. The van der Waals surface area contributed by atoms with Crippen LogP contribution in [0.4, 0.5) is 0 Å². The Morgan fingerprint density at radius 3 is 2.44 bits per heavy atom. The number of nitrogens with zero attached hydrogens (tertiary/aromatic N) is 1. The largest absolute Gasteiger partial charge is 0.481 e. The number of carboxylic acid groups (broad SMARTS) is 1. The minimum Gasteiger partial charge on any atom is -0.481 e. The molecule has 2 fully saturated rings. The third-order valence-corrected chi connectivity index (χ3v) is 4.10. The lowest BCUT2D eigenvalue weighted by Gasteiger charge is -2.18. The van der Waals surface area contributed by atoms with Gasteiger partial charge in [0.25, 0.3) is 0 Å². The first-order chi connectivity index (χ1) is 8.68. The number of aliphatic carboxylic acids is 1. The highest BCUT2D eigenvalue weighted by molar-refractivity contribution is 5.85. The monoisotopic (exact) mass is 254 g/mol.